The third-order valence-electron chi connectivity index (χ3n) is 5.66. The second-order valence-corrected chi connectivity index (χ2v) is 9.56. The van der Waals surface area contributed by atoms with Crippen LogP contribution in [0.5, 0.6) is 0 Å². The molecule has 0 radical (unpaired) electrons. The first-order chi connectivity index (χ1) is 13.6. The van der Waals surface area contributed by atoms with Gasteiger partial charge in [-0.2, -0.15) is 4.31 Å². The van der Waals surface area contributed by atoms with Crippen LogP contribution < -0.4 is 0 Å². The number of fused-ring (bicyclic) bond motifs is 1. The molecule has 2 aromatic rings. The summed E-state index contributed by atoms with van der Waals surface area (Å²) in [6.45, 7) is 3.50. The Labute approximate surface area is 165 Å². The Morgan fingerprint density at radius 1 is 1.00 bits per heavy atom. The van der Waals surface area contributed by atoms with Crippen molar-refractivity contribution in [2.24, 2.45) is 0 Å². The lowest BCUT2D eigenvalue weighted by Gasteiger charge is -2.26. The van der Waals surface area contributed by atoms with Crippen LogP contribution in [-0.4, -0.2) is 64.7 Å². The molecule has 0 N–H and O–H groups in total. The van der Waals surface area contributed by atoms with Crippen LogP contribution in [0.15, 0.2) is 23.1 Å². The van der Waals surface area contributed by atoms with E-state index < -0.39 is 10.0 Å². The van der Waals surface area contributed by atoms with Crippen molar-refractivity contribution in [1.82, 2.24) is 24.2 Å². The van der Waals surface area contributed by atoms with E-state index in [2.05, 4.69) is 10.3 Å². The van der Waals surface area contributed by atoms with Crippen LogP contribution in [0.2, 0.25) is 0 Å². The summed E-state index contributed by atoms with van der Waals surface area (Å²) in [5, 5.41) is 8.30. The molecule has 0 saturated carbocycles. The fourth-order valence-corrected chi connectivity index (χ4v) is 5.57. The molecule has 28 heavy (non-hydrogen) atoms. The Bertz CT molecular complexity index is 944. The first-order valence-electron chi connectivity index (χ1n) is 10.2. The molecule has 1 aromatic heterocycles. The van der Waals surface area contributed by atoms with Crippen LogP contribution in [0.1, 0.15) is 44.9 Å². The Morgan fingerprint density at radius 3 is 2.46 bits per heavy atom. The number of piperidine rings is 1. The molecule has 3 heterocycles. The summed E-state index contributed by atoms with van der Waals surface area (Å²) in [5.74, 6) is 0.211. The Morgan fingerprint density at radius 2 is 1.71 bits per heavy atom. The molecule has 1 amide bonds. The molecule has 2 fully saturated rings. The van der Waals surface area contributed by atoms with Gasteiger partial charge in [0.05, 0.1) is 10.4 Å². The second kappa shape index (κ2) is 8.16. The Hall–Kier alpha value is -2.00. The summed E-state index contributed by atoms with van der Waals surface area (Å²) in [5.41, 5.74) is 1.37. The summed E-state index contributed by atoms with van der Waals surface area (Å²) < 4.78 is 28.7. The molecule has 2 aliphatic heterocycles. The molecule has 0 spiro atoms. The van der Waals surface area contributed by atoms with Gasteiger partial charge in [0.2, 0.25) is 15.9 Å². The van der Waals surface area contributed by atoms with Gasteiger partial charge in [0.25, 0.3) is 0 Å². The van der Waals surface area contributed by atoms with E-state index in [1.807, 2.05) is 4.90 Å². The minimum atomic E-state index is -3.46. The summed E-state index contributed by atoms with van der Waals surface area (Å²) in [4.78, 5) is 14.5. The molecule has 0 bridgehead atoms. The molecule has 2 saturated heterocycles. The van der Waals surface area contributed by atoms with Crippen LogP contribution in [0.3, 0.4) is 0 Å². The van der Waals surface area contributed by atoms with Gasteiger partial charge >= 0.3 is 0 Å². The van der Waals surface area contributed by atoms with Gasteiger partial charge in [-0.05, 0) is 56.7 Å². The van der Waals surface area contributed by atoms with Gasteiger partial charge < -0.3 is 4.90 Å². The highest BCUT2D eigenvalue weighted by molar-refractivity contribution is 7.89. The standard InChI is InChI=1S/C19H27N5O3S/c25-19(22-10-2-1-3-11-22)7-6-14-24-18-9-8-16(15-17(18)20-21-24)28(26,27)23-12-4-5-13-23/h8-9,15H,1-7,10-14H2. The smallest absolute Gasteiger partial charge is 0.243 e. The number of benzene rings is 1. The maximum atomic E-state index is 12.7. The van der Waals surface area contributed by atoms with Crippen molar-refractivity contribution in [3.05, 3.63) is 18.2 Å². The molecular formula is C19H27N5O3S. The van der Waals surface area contributed by atoms with E-state index in [0.717, 1.165) is 44.3 Å². The van der Waals surface area contributed by atoms with Crippen molar-refractivity contribution in [1.29, 1.82) is 0 Å². The number of hydrogen-bond acceptors (Lipinski definition) is 5. The number of carbonyl (C=O) groups is 1. The minimum absolute atomic E-state index is 0.211. The van der Waals surface area contributed by atoms with E-state index in [-0.39, 0.29) is 10.8 Å². The normalized spacial score (nSPS) is 18.8. The van der Waals surface area contributed by atoms with Gasteiger partial charge in [0, 0.05) is 39.1 Å². The van der Waals surface area contributed by atoms with E-state index >= 15 is 0 Å². The predicted molar refractivity (Wildman–Crippen MR) is 105 cm³/mol. The Kier molecular flexibility index (Phi) is 5.63. The number of carbonyl (C=O) groups excluding carboxylic acids is 1. The molecule has 2 aliphatic rings. The number of likely N-dealkylation sites (tertiary alicyclic amines) is 1. The zero-order valence-corrected chi connectivity index (χ0v) is 16.9. The third kappa shape index (κ3) is 3.91. The molecule has 8 nitrogen and oxygen atoms in total. The first-order valence-corrected chi connectivity index (χ1v) is 11.6. The Balaban J connectivity index is 1.41. The van der Waals surface area contributed by atoms with Crippen LogP contribution in [0, 0.1) is 0 Å². The molecule has 1 aromatic carbocycles. The largest absolute Gasteiger partial charge is 0.343 e. The summed E-state index contributed by atoms with van der Waals surface area (Å²) in [7, 11) is -3.46. The van der Waals surface area contributed by atoms with Crippen molar-refractivity contribution in [3.8, 4) is 0 Å². The lowest BCUT2D eigenvalue weighted by atomic mass is 10.1. The van der Waals surface area contributed by atoms with E-state index in [1.165, 1.54) is 10.7 Å². The monoisotopic (exact) mass is 405 g/mol. The fourth-order valence-electron chi connectivity index (χ4n) is 4.04. The topological polar surface area (TPSA) is 88.4 Å². The number of nitrogens with zero attached hydrogens (tertiary/aromatic N) is 5. The van der Waals surface area contributed by atoms with Crippen LogP contribution in [0.25, 0.3) is 11.0 Å². The number of sulfonamides is 1. The lowest BCUT2D eigenvalue weighted by molar-refractivity contribution is -0.132. The van der Waals surface area contributed by atoms with Crippen LogP contribution >= 0.6 is 0 Å². The molecule has 0 atom stereocenters. The molecular weight excluding hydrogens is 378 g/mol. The zero-order valence-electron chi connectivity index (χ0n) is 16.1. The van der Waals surface area contributed by atoms with Crippen molar-refractivity contribution >= 4 is 27.0 Å². The molecule has 152 valence electrons. The SMILES string of the molecule is O=C(CCCn1nnc2cc(S(=O)(=O)N3CCCC3)ccc21)N1CCCCC1. The van der Waals surface area contributed by atoms with Gasteiger partial charge in [-0.15, -0.1) is 5.10 Å². The maximum Gasteiger partial charge on any atom is 0.243 e. The van der Waals surface area contributed by atoms with Crippen molar-refractivity contribution in [2.75, 3.05) is 26.2 Å². The zero-order chi connectivity index (χ0) is 19.6. The fraction of sp³-hybridized carbons (Fsp3) is 0.632. The minimum Gasteiger partial charge on any atom is -0.343 e. The molecule has 0 aliphatic carbocycles. The third-order valence-corrected chi connectivity index (χ3v) is 7.55. The lowest BCUT2D eigenvalue weighted by Crippen LogP contribution is -2.35. The van der Waals surface area contributed by atoms with E-state index in [9.17, 15) is 13.2 Å². The van der Waals surface area contributed by atoms with E-state index in [0.29, 0.717) is 38.0 Å². The number of aryl methyl sites for hydroxylation is 1. The number of hydrogen-bond donors (Lipinski definition) is 0. The molecule has 4 rings (SSSR count). The van der Waals surface area contributed by atoms with Crippen molar-refractivity contribution in [2.45, 2.75) is 56.4 Å². The highest BCUT2D eigenvalue weighted by atomic mass is 32.2. The maximum absolute atomic E-state index is 12.7. The average Bonchev–Trinajstić information content (AvgIpc) is 3.39. The number of aromatic nitrogens is 3. The van der Waals surface area contributed by atoms with Gasteiger partial charge in [-0.1, -0.05) is 5.21 Å². The summed E-state index contributed by atoms with van der Waals surface area (Å²) in [6, 6.07) is 5.00. The van der Waals surface area contributed by atoms with Crippen LogP contribution in [0.4, 0.5) is 0 Å². The molecule has 0 unspecified atom stereocenters. The average molecular weight is 406 g/mol. The molecule has 9 heteroatoms. The van der Waals surface area contributed by atoms with Gasteiger partial charge in [-0.25, -0.2) is 13.1 Å². The second-order valence-electron chi connectivity index (χ2n) is 7.62. The summed E-state index contributed by atoms with van der Waals surface area (Å²) in [6.07, 6.45) is 6.43. The summed E-state index contributed by atoms with van der Waals surface area (Å²) >= 11 is 0. The highest BCUT2D eigenvalue weighted by Gasteiger charge is 2.27. The van der Waals surface area contributed by atoms with Gasteiger partial charge in [0.15, 0.2) is 0 Å². The van der Waals surface area contributed by atoms with E-state index in [1.54, 1.807) is 22.9 Å². The van der Waals surface area contributed by atoms with Crippen LogP contribution in [-0.2, 0) is 21.4 Å². The van der Waals surface area contributed by atoms with Crippen molar-refractivity contribution < 1.29 is 13.2 Å². The van der Waals surface area contributed by atoms with Gasteiger partial charge in [-0.3, -0.25) is 4.79 Å². The first kappa shape index (κ1) is 19.3. The van der Waals surface area contributed by atoms with E-state index in [4.69, 9.17) is 0 Å². The van der Waals surface area contributed by atoms with Gasteiger partial charge in [0.1, 0.15) is 5.52 Å². The quantitative estimate of drug-likeness (QED) is 0.733. The van der Waals surface area contributed by atoms with Crippen molar-refractivity contribution in [3.63, 3.8) is 0 Å². The number of rotatable bonds is 6. The number of amides is 1. The highest BCUT2D eigenvalue weighted by Crippen LogP contribution is 2.24. The predicted octanol–water partition coefficient (Wildman–Crippen LogP) is 2.01.